The minimum absolute atomic E-state index is 0.155. The number of fused-ring (bicyclic) bond motifs is 1. The van der Waals surface area contributed by atoms with Crippen molar-refractivity contribution < 1.29 is 9.50 Å². The summed E-state index contributed by atoms with van der Waals surface area (Å²) >= 11 is 0. The van der Waals surface area contributed by atoms with Crippen molar-refractivity contribution in [3.63, 3.8) is 0 Å². The first kappa shape index (κ1) is 9.84. The average Bonchev–Trinajstić information content (AvgIpc) is 2.74. The molecule has 0 aliphatic heterocycles. The van der Waals surface area contributed by atoms with Gasteiger partial charge < -0.3 is 5.11 Å². The molecule has 0 amide bonds. The molecule has 0 aliphatic rings. The number of halogens is 1. The molecular formula is C13H9FN2O. The lowest BCUT2D eigenvalue weighted by molar-refractivity contribution is 0.479. The number of rotatable bonds is 1. The molecule has 4 heteroatoms. The number of benzene rings is 1. The molecule has 2 aromatic heterocycles. The highest BCUT2D eigenvalue weighted by atomic mass is 19.1. The van der Waals surface area contributed by atoms with E-state index in [9.17, 15) is 9.50 Å². The minimum atomic E-state index is -0.306. The number of imidazole rings is 1. The smallest absolute Gasteiger partial charge is 0.144 e. The third-order valence-electron chi connectivity index (χ3n) is 2.63. The highest BCUT2D eigenvalue weighted by Crippen LogP contribution is 2.24. The third-order valence-corrected chi connectivity index (χ3v) is 2.63. The van der Waals surface area contributed by atoms with Crippen LogP contribution in [-0.2, 0) is 0 Å². The first-order valence-electron chi connectivity index (χ1n) is 5.17. The Balaban J connectivity index is 2.28. The van der Waals surface area contributed by atoms with Gasteiger partial charge in [0, 0.05) is 11.8 Å². The normalized spacial score (nSPS) is 10.9. The van der Waals surface area contributed by atoms with Gasteiger partial charge in [0.15, 0.2) is 0 Å². The van der Waals surface area contributed by atoms with Gasteiger partial charge in [0.05, 0.1) is 6.20 Å². The molecule has 0 aliphatic carbocycles. The molecule has 1 N–H and O–H groups in total. The summed E-state index contributed by atoms with van der Waals surface area (Å²) in [4.78, 5) is 4.20. The fourth-order valence-electron chi connectivity index (χ4n) is 1.85. The second kappa shape index (κ2) is 3.59. The molecule has 2 heterocycles. The van der Waals surface area contributed by atoms with Crippen molar-refractivity contribution in [1.82, 2.24) is 9.38 Å². The van der Waals surface area contributed by atoms with Crippen LogP contribution in [0.3, 0.4) is 0 Å². The SMILES string of the molecule is Oc1cccn2c(-c3cccc(F)c3)ncc12. The minimum Gasteiger partial charge on any atom is -0.506 e. The van der Waals surface area contributed by atoms with Crippen LogP contribution in [0.2, 0.25) is 0 Å². The van der Waals surface area contributed by atoms with E-state index >= 15 is 0 Å². The van der Waals surface area contributed by atoms with E-state index in [2.05, 4.69) is 4.98 Å². The standard InChI is InChI=1S/C13H9FN2O/c14-10-4-1-3-9(7-10)13-15-8-11-12(17)5-2-6-16(11)13/h1-8,17H. The van der Waals surface area contributed by atoms with Crippen LogP contribution in [0.25, 0.3) is 16.9 Å². The Morgan fingerprint density at radius 3 is 2.88 bits per heavy atom. The summed E-state index contributed by atoms with van der Waals surface area (Å²) in [5.41, 5.74) is 1.28. The maximum atomic E-state index is 13.2. The van der Waals surface area contributed by atoms with Crippen molar-refractivity contribution in [3.05, 3.63) is 54.6 Å². The van der Waals surface area contributed by atoms with Crippen LogP contribution in [0.1, 0.15) is 0 Å². The van der Waals surface area contributed by atoms with E-state index in [-0.39, 0.29) is 11.6 Å². The topological polar surface area (TPSA) is 37.5 Å². The molecule has 0 radical (unpaired) electrons. The highest BCUT2D eigenvalue weighted by Gasteiger charge is 2.08. The second-order valence-corrected chi connectivity index (χ2v) is 3.74. The summed E-state index contributed by atoms with van der Waals surface area (Å²) in [6, 6.07) is 9.52. The molecule has 3 nitrogen and oxygen atoms in total. The first-order chi connectivity index (χ1) is 8.25. The Morgan fingerprint density at radius 1 is 1.18 bits per heavy atom. The van der Waals surface area contributed by atoms with Crippen LogP contribution in [0, 0.1) is 5.82 Å². The predicted molar refractivity (Wildman–Crippen MR) is 62.3 cm³/mol. The fraction of sp³-hybridized carbons (Fsp3) is 0. The molecular weight excluding hydrogens is 219 g/mol. The first-order valence-corrected chi connectivity index (χ1v) is 5.17. The summed E-state index contributed by atoms with van der Waals surface area (Å²) in [5.74, 6) is 0.456. The van der Waals surface area contributed by atoms with Gasteiger partial charge in [-0.05, 0) is 24.3 Å². The summed E-state index contributed by atoms with van der Waals surface area (Å²) in [7, 11) is 0. The van der Waals surface area contributed by atoms with Gasteiger partial charge in [0.2, 0.25) is 0 Å². The summed E-state index contributed by atoms with van der Waals surface area (Å²) in [5, 5.41) is 9.65. The third kappa shape index (κ3) is 1.54. The van der Waals surface area contributed by atoms with E-state index in [1.54, 1.807) is 41.1 Å². The van der Waals surface area contributed by atoms with E-state index in [1.165, 1.54) is 12.1 Å². The van der Waals surface area contributed by atoms with E-state index in [1.807, 2.05) is 0 Å². The number of nitrogens with zero attached hydrogens (tertiary/aromatic N) is 2. The van der Waals surface area contributed by atoms with Gasteiger partial charge in [-0.3, -0.25) is 4.40 Å². The maximum Gasteiger partial charge on any atom is 0.144 e. The van der Waals surface area contributed by atoms with Crippen LogP contribution in [0.5, 0.6) is 5.75 Å². The molecule has 3 aromatic rings. The zero-order valence-electron chi connectivity index (χ0n) is 8.84. The van der Waals surface area contributed by atoms with Crippen molar-refractivity contribution in [2.75, 3.05) is 0 Å². The Hall–Kier alpha value is -2.36. The molecule has 0 spiro atoms. The van der Waals surface area contributed by atoms with Crippen molar-refractivity contribution in [3.8, 4) is 17.1 Å². The van der Waals surface area contributed by atoms with Crippen LogP contribution in [-0.4, -0.2) is 14.5 Å². The largest absolute Gasteiger partial charge is 0.506 e. The summed E-state index contributed by atoms with van der Waals surface area (Å²) in [6.07, 6.45) is 3.35. The van der Waals surface area contributed by atoms with Crippen molar-refractivity contribution in [1.29, 1.82) is 0 Å². The summed E-state index contributed by atoms with van der Waals surface area (Å²) in [6.45, 7) is 0. The quantitative estimate of drug-likeness (QED) is 0.695. The van der Waals surface area contributed by atoms with Gasteiger partial charge in [-0.2, -0.15) is 0 Å². The van der Waals surface area contributed by atoms with Gasteiger partial charge in [0.25, 0.3) is 0 Å². The zero-order valence-corrected chi connectivity index (χ0v) is 8.84. The average molecular weight is 228 g/mol. The van der Waals surface area contributed by atoms with Gasteiger partial charge in [-0.25, -0.2) is 9.37 Å². The lowest BCUT2D eigenvalue weighted by Crippen LogP contribution is -1.89. The van der Waals surface area contributed by atoms with Crippen LogP contribution in [0.15, 0.2) is 48.8 Å². The Bertz CT molecular complexity index is 691. The maximum absolute atomic E-state index is 13.2. The van der Waals surface area contributed by atoms with Crippen LogP contribution >= 0.6 is 0 Å². The van der Waals surface area contributed by atoms with E-state index < -0.39 is 0 Å². The van der Waals surface area contributed by atoms with Crippen molar-refractivity contribution in [2.24, 2.45) is 0 Å². The Kier molecular flexibility index (Phi) is 2.08. The summed E-state index contributed by atoms with van der Waals surface area (Å²) < 4.78 is 14.9. The van der Waals surface area contributed by atoms with Gasteiger partial charge in [-0.15, -0.1) is 0 Å². The van der Waals surface area contributed by atoms with Crippen LogP contribution in [0.4, 0.5) is 4.39 Å². The molecule has 1 aromatic carbocycles. The molecule has 0 bridgehead atoms. The van der Waals surface area contributed by atoms with Crippen molar-refractivity contribution in [2.45, 2.75) is 0 Å². The van der Waals surface area contributed by atoms with Crippen molar-refractivity contribution >= 4 is 5.52 Å². The molecule has 0 atom stereocenters. The van der Waals surface area contributed by atoms with Gasteiger partial charge in [0.1, 0.15) is 22.9 Å². The fourth-order valence-corrected chi connectivity index (χ4v) is 1.85. The zero-order chi connectivity index (χ0) is 11.8. The van der Waals surface area contributed by atoms with E-state index in [0.717, 1.165) is 0 Å². The van der Waals surface area contributed by atoms with Crippen LogP contribution < -0.4 is 0 Å². The molecule has 0 fully saturated rings. The number of aromatic nitrogens is 2. The lowest BCUT2D eigenvalue weighted by atomic mass is 10.2. The Morgan fingerprint density at radius 2 is 2.06 bits per heavy atom. The second-order valence-electron chi connectivity index (χ2n) is 3.74. The molecule has 17 heavy (non-hydrogen) atoms. The monoisotopic (exact) mass is 228 g/mol. The molecule has 0 saturated heterocycles. The van der Waals surface area contributed by atoms with Gasteiger partial charge in [-0.1, -0.05) is 12.1 Å². The number of pyridine rings is 1. The number of hydrogen-bond donors (Lipinski definition) is 1. The molecule has 3 rings (SSSR count). The van der Waals surface area contributed by atoms with E-state index in [4.69, 9.17) is 0 Å². The molecule has 0 unspecified atom stereocenters. The molecule has 0 saturated carbocycles. The Labute approximate surface area is 96.8 Å². The van der Waals surface area contributed by atoms with Gasteiger partial charge >= 0.3 is 0 Å². The lowest BCUT2D eigenvalue weighted by Gasteiger charge is -2.02. The number of hydrogen-bond acceptors (Lipinski definition) is 2. The highest BCUT2D eigenvalue weighted by molar-refractivity contribution is 5.66. The predicted octanol–water partition coefficient (Wildman–Crippen LogP) is 2.85. The number of aromatic hydroxyl groups is 1. The molecule has 84 valence electrons. The van der Waals surface area contributed by atoms with E-state index in [0.29, 0.717) is 16.9 Å².